The van der Waals surface area contributed by atoms with Gasteiger partial charge in [-0.25, -0.2) is 0 Å². The third kappa shape index (κ3) is 7.29. The van der Waals surface area contributed by atoms with Crippen LogP contribution in [-0.4, -0.2) is 72.2 Å². The minimum Gasteiger partial charge on any atom is -0.480 e. The van der Waals surface area contributed by atoms with Gasteiger partial charge in [-0.1, -0.05) is 6.07 Å². The summed E-state index contributed by atoms with van der Waals surface area (Å²) in [4.78, 5) is 35.9. The van der Waals surface area contributed by atoms with Crippen LogP contribution in [0.4, 0.5) is 11.4 Å². The molecule has 1 atom stereocenters. The normalized spacial score (nSPS) is 15.9. The van der Waals surface area contributed by atoms with Crippen molar-refractivity contribution in [3.05, 3.63) is 34.4 Å². The molecule has 10 heteroatoms. The Morgan fingerprint density at radius 3 is 2.74 bits per heavy atom. The number of hydrogen-bond acceptors (Lipinski definition) is 7. The lowest BCUT2D eigenvalue weighted by Gasteiger charge is -2.26. The van der Waals surface area contributed by atoms with E-state index in [2.05, 4.69) is 15.5 Å². The van der Waals surface area contributed by atoms with Gasteiger partial charge in [-0.2, -0.15) is 0 Å². The molecular weight excluding hydrogens is 356 g/mol. The van der Waals surface area contributed by atoms with Gasteiger partial charge in [0.25, 0.3) is 5.69 Å². The Bertz CT molecular complexity index is 663. The molecule has 0 aliphatic carbocycles. The highest BCUT2D eigenvalue weighted by atomic mass is 16.6. The second-order valence-electron chi connectivity index (χ2n) is 6.21. The van der Waals surface area contributed by atoms with Crippen molar-refractivity contribution in [1.82, 2.24) is 10.2 Å². The summed E-state index contributed by atoms with van der Waals surface area (Å²) >= 11 is 0. The van der Waals surface area contributed by atoms with E-state index >= 15 is 0 Å². The molecule has 1 aliphatic rings. The fourth-order valence-electron chi connectivity index (χ4n) is 2.75. The van der Waals surface area contributed by atoms with Crippen LogP contribution in [-0.2, 0) is 14.3 Å². The molecule has 1 aliphatic heterocycles. The minimum atomic E-state index is -1.12. The first-order valence-corrected chi connectivity index (χ1v) is 8.76. The molecule has 27 heavy (non-hydrogen) atoms. The topological polar surface area (TPSA) is 134 Å². The number of ether oxygens (including phenoxy) is 1. The SMILES string of the molecule is O=C(CC(NCCCN1CCOCC1)C(=O)O)Nc1cccc([N+](=O)[O-])c1. The first-order chi connectivity index (χ1) is 13.0. The number of rotatable bonds is 10. The Morgan fingerprint density at radius 2 is 2.07 bits per heavy atom. The maximum absolute atomic E-state index is 12.1. The quantitative estimate of drug-likeness (QED) is 0.307. The summed E-state index contributed by atoms with van der Waals surface area (Å²) in [6, 6.07) is 4.48. The number of carboxylic acids is 1. The number of anilines is 1. The van der Waals surface area contributed by atoms with Gasteiger partial charge in [-0.15, -0.1) is 0 Å². The van der Waals surface area contributed by atoms with Crippen molar-refractivity contribution in [2.45, 2.75) is 18.9 Å². The van der Waals surface area contributed by atoms with E-state index in [1.165, 1.54) is 24.3 Å². The summed E-state index contributed by atoms with van der Waals surface area (Å²) in [5.74, 6) is -1.64. The van der Waals surface area contributed by atoms with Crippen LogP contribution in [0.2, 0.25) is 0 Å². The van der Waals surface area contributed by atoms with Gasteiger partial charge < -0.3 is 20.5 Å². The van der Waals surface area contributed by atoms with Crippen LogP contribution in [0.25, 0.3) is 0 Å². The summed E-state index contributed by atoms with van der Waals surface area (Å²) in [6.07, 6.45) is 0.492. The molecule has 1 fully saturated rings. The molecule has 3 N–H and O–H groups in total. The monoisotopic (exact) mass is 380 g/mol. The summed E-state index contributed by atoms with van der Waals surface area (Å²) in [5, 5.41) is 25.4. The Balaban J connectivity index is 1.77. The molecule has 10 nitrogen and oxygen atoms in total. The molecule has 1 amide bonds. The van der Waals surface area contributed by atoms with Crippen molar-refractivity contribution < 1.29 is 24.4 Å². The van der Waals surface area contributed by atoms with E-state index in [0.717, 1.165) is 26.1 Å². The van der Waals surface area contributed by atoms with Crippen LogP contribution >= 0.6 is 0 Å². The lowest BCUT2D eigenvalue weighted by molar-refractivity contribution is -0.384. The zero-order chi connectivity index (χ0) is 19.6. The standard InChI is InChI=1S/C17H24N4O6/c22-16(19-13-3-1-4-14(11-13)21(25)26)12-15(17(23)24)18-5-2-6-20-7-9-27-10-8-20/h1,3-4,11,15,18H,2,5-10,12H2,(H,19,22)(H,23,24). The highest BCUT2D eigenvalue weighted by molar-refractivity contribution is 5.94. The molecule has 1 aromatic carbocycles. The summed E-state index contributed by atoms with van der Waals surface area (Å²) in [5.41, 5.74) is 0.106. The number of nitrogens with one attached hydrogen (secondary N) is 2. The summed E-state index contributed by atoms with van der Waals surface area (Å²) < 4.78 is 5.27. The molecule has 0 aromatic heterocycles. The Labute approximate surface area is 156 Å². The van der Waals surface area contributed by atoms with Crippen LogP contribution < -0.4 is 10.6 Å². The Kier molecular flexibility index (Phi) is 8.11. The van der Waals surface area contributed by atoms with Crippen molar-refractivity contribution in [1.29, 1.82) is 0 Å². The van der Waals surface area contributed by atoms with Gasteiger partial charge in [0.2, 0.25) is 5.91 Å². The molecule has 2 rings (SSSR count). The van der Waals surface area contributed by atoms with Gasteiger partial charge >= 0.3 is 5.97 Å². The van der Waals surface area contributed by atoms with Crippen LogP contribution in [0.3, 0.4) is 0 Å². The highest BCUT2D eigenvalue weighted by Crippen LogP contribution is 2.17. The van der Waals surface area contributed by atoms with Crippen LogP contribution in [0.5, 0.6) is 0 Å². The Hall–Kier alpha value is -2.56. The van der Waals surface area contributed by atoms with E-state index in [0.29, 0.717) is 19.8 Å². The number of morpholine rings is 1. The van der Waals surface area contributed by atoms with Gasteiger partial charge in [0.1, 0.15) is 6.04 Å². The zero-order valence-corrected chi connectivity index (χ0v) is 14.9. The second kappa shape index (κ2) is 10.6. The van der Waals surface area contributed by atoms with E-state index in [4.69, 9.17) is 4.74 Å². The van der Waals surface area contributed by atoms with Crippen LogP contribution in [0.1, 0.15) is 12.8 Å². The van der Waals surface area contributed by atoms with Crippen LogP contribution in [0, 0.1) is 10.1 Å². The van der Waals surface area contributed by atoms with Gasteiger partial charge in [0.15, 0.2) is 0 Å². The molecule has 1 unspecified atom stereocenters. The molecular formula is C17H24N4O6. The Morgan fingerprint density at radius 1 is 1.33 bits per heavy atom. The third-order valence-electron chi connectivity index (χ3n) is 4.17. The van der Waals surface area contributed by atoms with E-state index in [-0.39, 0.29) is 17.8 Å². The minimum absolute atomic E-state index is 0.149. The number of nitrogens with zero attached hydrogens (tertiary/aromatic N) is 2. The predicted molar refractivity (Wildman–Crippen MR) is 97.6 cm³/mol. The summed E-state index contributed by atoms with van der Waals surface area (Å²) in [7, 11) is 0. The number of nitro groups is 1. The summed E-state index contributed by atoms with van der Waals surface area (Å²) in [6.45, 7) is 4.47. The van der Waals surface area contributed by atoms with Crippen molar-refractivity contribution in [2.75, 3.05) is 44.7 Å². The van der Waals surface area contributed by atoms with E-state index in [1.807, 2.05) is 0 Å². The fourth-order valence-corrected chi connectivity index (χ4v) is 2.75. The smallest absolute Gasteiger partial charge is 0.321 e. The number of aliphatic carboxylic acids is 1. The maximum Gasteiger partial charge on any atom is 0.321 e. The van der Waals surface area contributed by atoms with Crippen molar-refractivity contribution in [3.63, 3.8) is 0 Å². The fraction of sp³-hybridized carbons (Fsp3) is 0.529. The van der Waals surface area contributed by atoms with Crippen molar-refractivity contribution in [2.24, 2.45) is 0 Å². The molecule has 148 valence electrons. The average molecular weight is 380 g/mol. The molecule has 0 spiro atoms. The molecule has 0 saturated carbocycles. The van der Waals surface area contributed by atoms with Gasteiger partial charge in [-0.05, 0) is 25.6 Å². The molecule has 0 radical (unpaired) electrons. The zero-order valence-electron chi connectivity index (χ0n) is 14.9. The third-order valence-corrected chi connectivity index (χ3v) is 4.17. The number of nitro benzene ring substituents is 1. The van der Waals surface area contributed by atoms with Gasteiger partial charge in [0.05, 0.1) is 24.6 Å². The van der Waals surface area contributed by atoms with Crippen LogP contribution in [0.15, 0.2) is 24.3 Å². The van der Waals surface area contributed by atoms with E-state index in [9.17, 15) is 24.8 Å². The lowest BCUT2D eigenvalue weighted by atomic mass is 10.2. The number of carbonyl (C=O) groups is 2. The molecule has 1 aromatic rings. The maximum atomic E-state index is 12.1. The molecule has 0 bridgehead atoms. The van der Waals surface area contributed by atoms with Gasteiger partial charge in [0, 0.05) is 30.9 Å². The second-order valence-corrected chi connectivity index (χ2v) is 6.21. The largest absolute Gasteiger partial charge is 0.480 e. The van der Waals surface area contributed by atoms with E-state index < -0.39 is 22.8 Å². The molecule has 1 heterocycles. The number of non-ortho nitro benzene ring substituents is 1. The number of hydrogen-bond donors (Lipinski definition) is 3. The number of carboxylic acid groups (broad SMARTS) is 1. The lowest BCUT2D eigenvalue weighted by Crippen LogP contribution is -2.42. The van der Waals surface area contributed by atoms with Gasteiger partial charge in [-0.3, -0.25) is 24.6 Å². The first-order valence-electron chi connectivity index (χ1n) is 8.76. The molecule has 1 saturated heterocycles. The first kappa shape index (κ1) is 20.7. The number of carbonyl (C=O) groups excluding carboxylic acids is 1. The van der Waals surface area contributed by atoms with Crippen molar-refractivity contribution >= 4 is 23.3 Å². The van der Waals surface area contributed by atoms with Crippen molar-refractivity contribution in [3.8, 4) is 0 Å². The number of benzene rings is 1. The number of amides is 1. The average Bonchev–Trinajstić information content (AvgIpc) is 2.65. The van der Waals surface area contributed by atoms with E-state index in [1.54, 1.807) is 0 Å². The highest BCUT2D eigenvalue weighted by Gasteiger charge is 2.21. The predicted octanol–water partition coefficient (Wildman–Crippen LogP) is 0.689.